The lowest BCUT2D eigenvalue weighted by molar-refractivity contribution is 0.698. The molecule has 1 saturated carbocycles. The number of allylic oxidation sites excluding steroid dienone is 7. The van der Waals surface area contributed by atoms with Gasteiger partial charge < -0.3 is 5.32 Å². The van der Waals surface area contributed by atoms with E-state index in [1.54, 1.807) is 0 Å². The lowest BCUT2D eigenvalue weighted by Gasteiger charge is -2.12. The lowest BCUT2D eigenvalue weighted by Crippen LogP contribution is -2.16. The van der Waals surface area contributed by atoms with Crippen LogP contribution in [-0.2, 0) is 0 Å². The van der Waals surface area contributed by atoms with E-state index in [-0.39, 0.29) is 0 Å². The number of hydrogen-bond acceptors (Lipinski definition) is 1. The van der Waals surface area contributed by atoms with Crippen LogP contribution in [0.2, 0.25) is 0 Å². The van der Waals surface area contributed by atoms with E-state index in [4.69, 9.17) is 0 Å². The molecule has 0 radical (unpaired) electrons. The molecule has 2 aliphatic carbocycles. The minimum absolute atomic E-state index is 0.937. The molecule has 1 heteroatoms. The van der Waals surface area contributed by atoms with Gasteiger partial charge in [0.15, 0.2) is 0 Å². The van der Waals surface area contributed by atoms with Crippen molar-refractivity contribution >= 4 is 0 Å². The molecule has 0 saturated heterocycles. The smallest absolute Gasteiger partial charge is 0.0172 e. The van der Waals surface area contributed by atoms with Gasteiger partial charge in [-0.25, -0.2) is 0 Å². The maximum absolute atomic E-state index is 3.64. The zero-order valence-electron chi connectivity index (χ0n) is 11.7. The molecular formula is C17H25N. The van der Waals surface area contributed by atoms with Gasteiger partial charge >= 0.3 is 0 Å². The van der Waals surface area contributed by atoms with Crippen molar-refractivity contribution < 1.29 is 0 Å². The SMILES string of the molecule is CC/C=C(/CC1=CCC=CC(C)=C1)NCC1CC1. The Hall–Kier alpha value is -1.24. The minimum Gasteiger partial charge on any atom is -0.388 e. The normalized spacial score (nSPS) is 20.2. The minimum atomic E-state index is 0.937. The predicted octanol–water partition coefficient (Wildman–Crippen LogP) is 4.50. The Balaban J connectivity index is 1.92. The van der Waals surface area contributed by atoms with Crippen LogP contribution in [0.25, 0.3) is 0 Å². The molecule has 0 aromatic rings. The molecule has 0 amide bonds. The first kappa shape index (κ1) is 13.2. The fourth-order valence-corrected chi connectivity index (χ4v) is 2.27. The van der Waals surface area contributed by atoms with Gasteiger partial charge in [0.1, 0.15) is 0 Å². The maximum Gasteiger partial charge on any atom is 0.0172 e. The largest absolute Gasteiger partial charge is 0.388 e. The van der Waals surface area contributed by atoms with Crippen LogP contribution < -0.4 is 5.32 Å². The standard InChI is InChI=1S/C17H25N/c1-3-6-17(18-13-15-9-10-15)12-16-8-5-4-7-14(2)11-16/h4,6-8,11,15,18H,3,5,9-10,12-13H2,1-2H3/b17-6-. The Morgan fingerprint density at radius 2 is 2.28 bits per heavy atom. The first-order chi connectivity index (χ1) is 8.78. The first-order valence-corrected chi connectivity index (χ1v) is 7.24. The summed E-state index contributed by atoms with van der Waals surface area (Å²) in [7, 11) is 0. The number of rotatable bonds is 6. The molecular weight excluding hydrogens is 218 g/mol. The summed E-state index contributed by atoms with van der Waals surface area (Å²) in [6.07, 6.45) is 17.5. The van der Waals surface area contributed by atoms with E-state index in [0.717, 1.165) is 25.2 Å². The highest BCUT2D eigenvalue weighted by Gasteiger charge is 2.20. The van der Waals surface area contributed by atoms with Crippen LogP contribution in [0.5, 0.6) is 0 Å². The van der Waals surface area contributed by atoms with Crippen molar-refractivity contribution in [3.63, 3.8) is 0 Å². The Bertz CT molecular complexity index is 392. The van der Waals surface area contributed by atoms with E-state index >= 15 is 0 Å². The van der Waals surface area contributed by atoms with Crippen LogP contribution in [0.4, 0.5) is 0 Å². The van der Waals surface area contributed by atoms with Crippen molar-refractivity contribution in [2.24, 2.45) is 5.92 Å². The Morgan fingerprint density at radius 3 is 3.00 bits per heavy atom. The van der Waals surface area contributed by atoms with Crippen LogP contribution in [0.1, 0.15) is 46.0 Å². The Labute approximate surface area is 111 Å². The van der Waals surface area contributed by atoms with Crippen molar-refractivity contribution in [3.05, 3.63) is 47.2 Å². The molecule has 1 fully saturated rings. The fraction of sp³-hybridized carbons (Fsp3) is 0.529. The molecule has 1 nitrogen and oxygen atoms in total. The predicted molar refractivity (Wildman–Crippen MR) is 79.3 cm³/mol. The fourth-order valence-electron chi connectivity index (χ4n) is 2.27. The van der Waals surface area contributed by atoms with Crippen LogP contribution in [0.15, 0.2) is 47.2 Å². The summed E-state index contributed by atoms with van der Waals surface area (Å²) in [5, 5.41) is 3.64. The summed E-state index contributed by atoms with van der Waals surface area (Å²) < 4.78 is 0. The van der Waals surface area contributed by atoms with Crippen molar-refractivity contribution in [2.45, 2.75) is 46.0 Å². The monoisotopic (exact) mass is 243 g/mol. The van der Waals surface area contributed by atoms with E-state index in [1.807, 2.05) is 0 Å². The molecule has 0 spiro atoms. The van der Waals surface area contributed by atoms with Crippen LogP contribution in [0, 0.1) is 5.92 Å². The van der Waals surface area contributed by atoms with Crippen LogP contribution >= 0.6 is 0 Å². The van der Waals surface area contributed by atoms with Gasteiger partial charge in [0, 0.05) is 18.7 Å². The molecule has 0 atom stereocenters. The summed E-state index contributed by atoms with van der Waals surface area (Å²) in [5.74, 6) is 0.937. The highest BCUT2D eigenvalue weighted by molar-refractivity contribution is 5.34. The third-order valence-electron chi connectivity index (χ3n) is 3.47. The van der Waals surface area contributed by atoms with Gasteiger partial charge in [0.25, 0.3) is 0 Å². The molecule has 0 heterocycles. The average molecular weight is 243 g/mol. The lowest BCUT2D eigenvalue weighted by atomic mass is 10.1. The number of nitrogens with one attached hydrogen (secondary N) is 1. The Kier molecular flexibility index (Phi) is 4.86. The van der Waals surface area contributed by atoms with Gasteiger partial charge in [0.05, 0.1) is 0 Å². The topological polar surface area (TPSA) is 12.0 Å². The van der Waals surface area contributed by atoms with Crippen molar-refractivity contribution in [1.29, 1.82) is 0 Å². The summed E-state index contributed by atoms with van der Waals surface area (Å²) in [6, 6.07) is 0. The molecule has 0 aromatic heterocycles. The highest BCUT2D eigenvalue weighted by Crippen LogP contribution is 2.28. The van der Waals surface area contributed by atoms with E-state index in [9.17, 15) is 0 Å². The van der Waals surface area contributed by atoms with E-state index in [0.29, 0.717) is 0 Å². The molecule has 0 bridgehead atoms. The quantitative estimate of drug-likeness (QED) is 0.724. The molecule has 2 rings (SSSR count). The third-order valence-corrected chi connectivity index (χ3v) is 3.47. The zero-order chi connectivity index (χ0) is 12.8. The molecule has 18 heavy (non-hydrogen) atoms. The molecule has 98 valence electrons. The molecule has 2 aliphatic rings. The molecule has 0 aliphatic heterocycles. The molecule has 0 aromatic carbocycles. The van der Waals surface area contributed by atoms with Gasteiger partial charge in [-0.3, -0.25) is 0 Å². The summed E-state index contributed by atoms with van der Waals surface area (Å²) in [4.78, 5) is 0. The summed E-state index contributed by atoms with van der Waals surface area (Å²) in [5.41, 5.74) is 4.21. The van der Waals surface area contributed by atoms with Gasteiger partial charge in [0.2, 0.25) is 0 Å². The molecule has 0 unspecified atom stereocenters. The molecule has 1 N–H and O–H groups in total. The second kappa shape index (κ2) is 6.63. The van der Waals surface area contributed by atoms with Crippen molar-refractivity contribution in [2.75, 3.05) is 6.54 Å². The van der Waals surface area contributed by atoms with Gasteiger partial charge in [-0.1, -0.05) is 42.9 Å². The summed E-state index contributed by atoms with van der Waals surface area (Å²) in [6.45, 7) is 5.56. The van der Waals surface area contributed by atoms with Crippen LogP contribution in [-0.4, -0.2) is 6.54 Å². The first-order valence-electron chi connectivity index (χ1n) is 7.24. The van der Waals surface area contributed by atoms with Gasteiger partial charge in [-0.15, -0.1) is 0 Å². The van der Waals surface area contributed by atoms with E-state index < -0.39 is 0 Å². The summed E-state index contributed by atoms with van der Waals surface area (Å²) >= 11 is 0. The van der Waals surface area contributed by atoms with Gasteiger partial charge in [-0.2, -0.15) is 0 Å². The number of hydrogen-bond donors (Lipinski definition) is 1. The maximum atomic E-state index is 3.64. The average Bonchev–Trinajstić information content (AvgIpc) is 3.15. The second-order valence-electron chi connectivity index (χ2n) is 5.44. The third kappa shape index (κ3) is 4.56. The highest BCUT2D eigenvalue weighted by atomic mass is 14.9. The van der Waals surface area contributed by atoms with Crippen LogP contribution in [0.3, 0.4) is 0 Å². The van der Waals surface area contributed by atoms with Crippen molar-refractivity contribution in [1.82, 2.24) is 5.32 Å². The Morgan fingerprint density at radius 1 is 1.44 bits per heavy atom. The van der Waals surface area contributed by atoms with Crippen molar-refractivity contribution in [3.8, 4) is 0 Å². The zero-order valence-corrected chi connectivity index (χ0v) is 11.7. The van der Waals surface area contributed by atoms with E-state index in [1.165, 1.54) is 36.2 Å². The second-order valence-corrected chi connectivity index (χ2v) is 5.44. The van der Waals surface area contributed by atoms with E-state index in [2.05, 4.69) is 49.5 Å². The van der Waals surface area contributed by atoms with Gasteiger partial charge in [-0.05, 0) is 44.1 Å².